The molecule has 0 N–H and O–H groups in total. The number of hydrogen-bond acceptors (Lipinski definition) is 3. The van der Waals surface area contributed by atoms with Crippen LogP contribution in [0.1, 0.15) is 32.1 Å². The summed E-state index contributed by atoms with van der Waals surface area (Å²) in [5.41, 5.74) is 0. The lowest BCUT2D eigenvalue weighted by atomic mass is 9.95. The van der Waals surface area contributed by atoms with Crippen LogP contribution in [0.25, 0.3) is 0 Å². The molecule has 0 aromatic carbocycles. The molecule has 1 saturated carbocycles. The van der Waals surface area contributed by atoms with Crippen molar-refractivity contribution in [3.63, 3.8) is 0 Å². The second-order valence-corrected chi connectivity index (χ2v) is 5.86. The standard InChI is InChI=1S/C8H17N.C6H16N2/c1-9(2)8-6-4-3-5-7-8;1-7(2)5-6-8(3)4/h8H,3-7H2,1-2H3;5-6H2,1-4H3. The maximum Gasteiger partial charge on any atom is 0.0103 e. The summed E-state index contributed by atoms with van der Waals surface area (Å²) in [7, 11) is 12.7. The van der Waals surface area contributed by atoms with Crippen LogP contribution >= 0.6 is 0 Å². The van der Waals surface area contributed by atoms with Gasteiger partial charge in [-0.25, -0.2) is 0 Å². The van der Waals surface area contributed by atoms with Gasteiger partial charge in [0.25, 0.3) is 0 Å². The second kappa shape index (κ2) is 9.86. The molecule has 0 unspecified atom stereocenters. The van der Waals surface area contributed by atoms with Crippen LogP contribution in [0.2, 0.25) is 0 Å². The third-order valence-electron chi connectivity index (χ3n) is 3.30. The summed E-state index contributed by atoms with van der Waals surface area (Å²) in [6, 6.07) is 0.888. The van der Waals surface area contributed by atoms with Gasteiger partial charge in [0.15, 0.2) is 0 Å². The lowest BCUT2D eigenvalue weighted by Gasteiger charge is -2.27. The topological polar surface area (TPSA) is 9.72 Å². The van der Waals surface area contributed by atoms with Gasteiger partial charge in [-0.3, -0.25) is 0 Å². The average Bonchev–Trinajstić information content (AvgIpc) is 2.28. The first kappa shape index (κ1) is 16.9. The fourth-order valence-corrected chi connectivity index (χ4v) is 2.00. The molecule has 0 saturated heterocycles. The van der Waals surface area contributed by atoms with E-state index in [1.807, 2.05) is 0 Å². The number of hydrogen-bond donors (Lipinski definition) is 0. The van der Waals surface area contributed by atoms with Crippen LogP contribution in [0.5, 0.6) is 0 Å². The molecule has 0 bridgehead atoms. The summed E-state index contributed by atoms with van der Waals surface area (Å²) < 4.78 is 0. The van der Waals surface area contributed by atoms with Crippen molar-refractivity contribution in [1.82, 2.24) is 14.7 Å². The SMILES string of the molecule is CN(C)C1CCCCC1.CN(C)CCN(C)C. The predicted octanol–water partition coefficient (Wildman–Crippen LogP) is 1.99. The molecular weight excluding hydrogens is 210 g/mol. The van der Waals surface area contributed by atoms with E-state index >= 15 is 0 Å². The van der Waals surface area contributed by atoms with Crippen LogP contribution in [0, 0.1) is 0 Å². The monoisotopic (exact) mass is 243 g/mol. The number of likely N-dealkylation sites (N-methyl/N-ethyl adjacent to an activating group) is 2. The van der Waals surface area contributed by atoms with Gasteiger partial charge >= 0.3 is 0 Å². The van der Waals surface area contributed by atoms with Gasteiger partial charge in [-0.1, -0.05) is 19.3 Å². The number of nitrogens with zero attached hydrogens (tertiary/aromatic N) is 3. The van der Waals surface area contributed by atoms with Crippen molar-refractivity contribution in [2.24, 2.45) is 0 Å². The maximum absolute atomic E-state index is 2.36. The van der Waals surface area contributed by atoms with Crippen LogP contribution in [-0.4, -0.2) is 76.1 Å². The molecule has 0 aliphatic heterocycles. The number of rotatable bonds is 4. The normalized spacial score (nSPS) is 17.5. The van der Waals surface area contributed by atoms with Gasteiger partial charge in [0.2, 0.25) is 0 Å². The van der Waals surface area contributed by atoms with E-state index in [4.69, 9.17) is 0 Å². The molecule has 104 valence electrons. The van der Waals surface area contributed by atoms with E-state index in [-0.39, 0.29) is 0 Å². The zero-order chi connectivity index (χ0) is 13.3. The summed E-state index contributed by atoms with van der Waals surface area (Å²) in [5.74, 6) is 0. The van der Waals surface area contributed by atoms with Crippen LogP contribution in [0.4, 0.5) is 0 Å². The molecule has 17 heavy (non-hydrogen) atoms. The Bertz CT molecular complexity index is 153. The lowest BCUT2D eigenvalue weighted by Crippen LogP contribution is -2.29. The highest BCUT2D eigenvalue weighted by molar-refractivity contribution is 4.70. The Balaban J connectivity index is 0.000000304. The van der Waals surface area contributed by atoms with Crippen molar-refractivity contribution in [3.8, 4) is 0 Å². The van der Waals surface area contributed by atoms with E-state index in [2.05, 4.69) is 57.0 Å². The summed E-state index contributed by atoms with van der Waals surface area (Å²) >= 11 is 0. The molecule has 1 aliphatic carbocycles. The van der Waals surface area contributed by atoms with Crippen molar-refractivity contribution in [2.45, 2.75) is 38.1 Å². The van der Waals surface area contributed by atoms with Crippen molar-refractivity contribution < 1.29 is 0 Å². The van der Waals surface area contributed by atoms with E-state index in [0.717, 1.165) is 19.1 Å². The van der Waals surface area contributed by atoms with Crippen LogP contribution < -0.4 is 0 Å². The van der Waals surface area contributed by atoms with Gasteiger partial charge < -0.3 is 14.7 Å². The molecule has 0 spiro atoms. The van der Waals surface area contributed by atoms with Gasteiger partial charge in [0.1, 0.15) is 0 Å². The first-order valence-electron chi connectivity index (χ1n) is 6.89. The van der Waals surface area contributed by atoms with E-state index in [9.17, 15) is 0 Å². The first-order chi connectivity index (χ1) is 7.93. The van der Waals surface area contributed by atoms with Crippen molar-refractivity contribution >= 4 is 0 Å². The summed E-state index contributed by atoms with van der Waals surface area (Å²) in [6.45, 7) is 2.29. The Morgan fingerprint density at radius 1 is 0.706 bits per heavy atom. The minimum Gasteiger partial charge on any atom is -0.308 e. The molecular formula is C14H33N3. The Morgan fingerprint density at radius 3 is 1.35 bits per heavy atom. The second-order valence-electron chi connectivity index (χ2n) is 5.86. The highest BCUT2D eigenvalue weighted by Gasteiger charge is 2.13. The molecule has 3 heteroatoms. The molecule has 0 aromatic rings. The average molecular weight is 243 g/mol. The first-order valence-corrected chi connectivity index (χ1v) is 6.89. The van der Waals surface area contributed by atoms with Gasteiger partial charge in [-0.15, -0.1) is 0 Å². The summed E-state index contributed by atoms with van der Waals surface area (Å²) in [6.07, 6.45) is 7.20. The fraction of sp³-hybridized carbons (Fsp3) is 1.00. The lowest BCUT2D eigenvalue weighted by molar-refractivity contribution is 0.229. The molecule has 1 rings (SSSR count). The van der Waals surface area contributed by atoms with Crippen LogP contribution in [0.15, 0.2) is 0 Å². The molecule has 1 aliphatic rings. The van der Waals surface area contributed by atoms with E-state index in [1.54, 1.807) is 0 Å². The predicted molar refractivity (Wildman–Crippen MR) is 77.7 cm³/mol. The molecule has 3 nitrogen and oxygen atoms in total. The van der Waals surface area contributed by atoms with Crippen LogP contribution in [0.3, 0.4) is 0 Å². The van der Waals surface area contributed by atoms with E-state index in [1.165, 1.54) is 32.1 Å². The van der Waals surface area contributed by atoms with Gasteiger partial charge in [0.05, 0.1) is 0 Å². The van der Waals surface area contributed by atoms with Crippen molar-refractivity contribution in [1.29, 1.82) is 0 Å². The Kier molecular flexibility index (Phi) is 9.79. The highest BCUT2D eigenvalue weighted by Crippen LogP contribution is 2.20. The Morgan fingerprint density at radius 2 is 1.12 bits per heavy atom. The van der Waals surface area contributed by atoms with E-state index in [0.29, 0.717) is 0 Å². The summed E-state index contributed by atoms with van der Waals surface area (Å²) in [4.78, 5) is 6.72. The molecule has 1 fully saturated rings. The zero-order valence-electron chi connectivity index (χ0n) is 12.9. The van der Waals surface area contributed by atoms with Crippen LogP contribution in [-0.2, 0) is 0 Å². The highest BCUT2D eigenvalue weighted by atomic mass is 15.1. The molecule has 0 amide bonds. The minimum absolute atomic E-state index is 0.888. The molecule has 0 heterocycles. The minimum atomic E-state index is 0.888. The third-order valence-corrected chi connectivity index (χ3v) is 3.30. The fourth-order valence-electron chi connectivity index (χ4n) is 2.00. The maximum atomic E-state index is 2.36. The largest absolute Gasteiger partial charge is 0.308 e. The third kappa shape index (κ3) is 10.7. The van der Waals surface area contributed by atoms with Gasteiger partial charge in [0, 0.05) is 19.1 Å². The Labute approximate surface area is 109 Å². The van der Waals surface area contributed by atoms with Crippen molar-refractivity contribution in [2.75, 3.05) is 55.4 Å². The van der Waals surface area contributed by atoms with Gasteiger partial charge in [-0.2, -0.15) is 0 Å². The summed E-state index contributed by atoms with van der Waals surface area (Å²) in [5, 5.41) is 0. The molecule has 0 atom stereocenters. The van der Waals surface area contributed by atoms with Crippen molar-refractivity contribution in [3.05, 3.63) is 0 Å². The zero-order valence-corrected chi connectivity index (χ0v) is 12.9. The quantitative estimate of drug-likeness (QED) is 0.748. The van der Waals surface area contributed by atoms with Gasteiger partial charge in [-0.05, 0) is 55.1 Å². The molecule has 0 radical (unpaired) electrons. The Hall–Kier alpha value is -0.120. The smallest absolute Gasteiger partial charge is 0.0103 e. The van der Waals surface area contributed by atoms with E-state index < -0.39 is 0 Å². The molecule has 0 aromatic heterocycles.